The van der Waals surface area contributed by atoms with Gasteiger partial charge in [-0.1, -0.05) is 32.9 Å². The first-order valence-electron chi connectivity index (χ1n) is 7.13. The average molecular weight is 282 g/mol. The minimum Gasteiger partial charge on any atom is -0.308 e. The van der Waals surface area contributed by atoms with E-state index in [2.05, 4.69) is 43.5 Å². The van der Waals surface area contributed by atoms with Gasteiger partial charge in [-0.3, -0.25) is 4.68 Å². The zero-order chi connectivity index (χ0) is 15.5. The molecule has 1 heterocycles. The summed E-state index contributed by atoms with van der Waals surface area (Å²) in [7, 11) is 1.95. The molecule has 2 aromatic rings. The third-order valence-electron chi connectivity index (χ3n) is 3.32. The van der Waals surface area contributed by atoms with Gasteiger partial charge in [-0.05, 0) is 17.7 Å². The third-order valence-corrected chi connectivity index (χ3v) is 3.32. The van der Waals surface area contributed by atoms with Gasteiger partial charge < -0.3 is 5.32 Å². The standard InChI is InChI=1S/C17H22N4/c1-17(2,3)16-15(12-21(4)20-16)11-19-10-14-7-5-6-13(8-14)9-18/h5-8,12,19H,10-11H2,1-4H3. The highest BCUT2D eigenvalue weighted by Gasteiger charge is 2.21. The van der Waals surface area contributed by atoms with Gasteiger partial charge in [-0.2, -0.15) is 10.4 Å². The molecule has 110 valence electrons. The zero-order valence-electron chi connectivity index (χ0n) is 13.1. The van der Waals surface area contributed by atoms with E-state index in [0.29, 0.717) is 5.56 Å². The molecular formula is C17H22N4. The van der Waals surface area contributed by atoms with Crippen LogP contribution in [0.1, 0.15) is 43.2 Å². The number of nitrogens with one attached hydrogen (secondary N) is 1. The first kappa shape index (κ1) is 15.3. The van der Waals surface area contributed by atoms with E-state index in [-0.39, 0.29) is 5.41 Å². The van der Waals surface area contributed by atoms with Crippen molar-refractivity contribution in [1.82, 2.24) is 15.1 Å². The quantitative estimate of drug-likeness (QED) is 0.938. The molecule has 0 bridgehead atoms. The van der Waals surface area contributed by atoms with Crippen LogP contribution in [0.5, 0.6) is 0 Å². The molecule has 4 heteroatoms. The van der Waals surface area contributed by atoms with Crippen molar-refractivity contribution in [2.75, 3.05) is 0 Å². The Bertz CT molecular complexity index is 656. The van der Waals surface area contributed by atoms with Crippen LogP contribution in [0.15, 0.2) is 30.5 Å². The summed E-state index contributed by atoms with van der Waals surface area (Å²) in [6.45, 7) is 8.05. The van der Waals surface area contributed by atoms with Crippen LogP contribution in [-0.2, 0) is 25.6 Å². The van der Waals surface area contributed by atoms with Crippen LogP contribution >= 0.6 is 0 Å². The molecule has 21 heavy (non-hydrogen) atoms. The minimum atomic E-state index is 0.0407. The van der Waals surface area contributed by atoms with E-state index >= 15 is 0 Å². The van der Waals surface area contributed by atoms with E-state index in [1.807, 2.05) is 36.0 Å². The Morgan fingerprint density at radius 2 is 2.05 bits per heavy atom. The summed E-state index contributed by atoms with van der Waals surface area (Å²) in [6.07, 6.45) is 2.07. The lowest BCUT2D eigenvalue weighted by Crippen LogP contribution is -2.19. The van der Waals surface area contributed by atoms with Crippen LogP contribution < -0.4 is 5.32 Å². The maximum Gasteiger partial charge on any atom is 0.0991 e. The van der Waals surface area contributed by atoms with Crippen molar-refractivity contribution in [2.45, 2.75) is 39.3 Å². The number of nitrogens with zero attached hydrogens (tertiary/aromatic N) is 3. The summed E-state index contributed by atoms with van der Waals surface area (Å²) < 4.78 is 1.87. The minimum absolute atomic E-state index is 0.0407. The van der Waals surface area contributed by atoms with Gasteiger partial charge in [0.2, 0.25) is 0 Å². The molecule has 0 spiro atoms. The summed E-state index contributed by atoms with van der Waals surface area (Å²) in [5.74, 6) is 0. The topological polar surface area (TPSA) is 53.6 Å². The van der Waals surface area contributed by atoms with Gasteiger partial charge in [-0.25, -0.2) is 0 Å². The molecule has 0 aliphatic carbocycles. The zero-order valence-corrected chi connectivity index (χ0v) is 13.1. The lowest BCUT2D eigenvalue weighted by molar-refractivity contribution is 0.543. The molecule has 0 saturated carbocycles. The van der Waals surface area contributed by atoms with Gasteiger partial charge in [0.15, 0.2) is 0 Å². The van der Waals surface area contributed by atoms with Crippen LogP contribution in [0.4, 0.5) is 0 Å². The van der Waals surface area contributed by atoms with Crippen molar-refractivity contribution in [3.05, 3.63) is 52.8 Å². The smallest absolute Gasteiger partial charge is 0.0991 e. The van der Waals surface area contributed by atoms with E-state index < -0.39 is 0 Å². The molecule has 0 fully saturated rings. The van der Waals surface area contributed by atoms with E-state index in [1.54, 1.807) is 0 Å². The summed E-state index contributed by atoms with van der Waals surface area (Å²) in [4.78, 5) is 0. The fourth-order valence-electron chi connectivity index (χ4n) is 2.39. The highest BCUT2D eigenvalue weighted by atomic mass is 15.3. The Balaban J connectivity index is 2.02. The van der Waals surface area contributed by atoms with Crippen molar-refractivity contribution >= 4 is 0 Å². The lowest BCUT2D eigenvalue weighted by atomic mass is 9.89. The van der Waals surface area contributed by atoms with Crippen LogP contribution in [0.25, 0.3) is 0 Å². The number of hydrogen-bond acceptors (Lipinski definition) is 3. The predicted molar refractivity (Wildman–Crippen MR) is 83.6 cm³/mol. The number of nitriles is 1. The van der Waals surface area contributed by atoms with Gasteiger partial charge in [0.05, 0.1) is 17.3 Å². The molecule has 1 aromatic carbocycles. The van der Waals surface area contributed by atoms with E-state index in [0.717, 1.165) is 24.3 Å². The highest BCUT2D eigenvalue weighted by molar-refractivity contribution is 5.32. The van der Waals surface area contributed by atoms with Crippen molar-refractivity contribution in [3.8, 4) is 6.07 Å². The second-order valence-electron chi connectivity index (χ2n) is 6.34. The molecule has 2 rings (SSSR count). The number of aryl methyl sites for hydroxylation is 1. The van der Waals surface area contributed by atoms with Gasteiger partial charge in [0.25, 0.3) is 0 Å². The van der Waals surface area contributed by atoms with Crippen molar-refractivity contribution in [3.63, 3.8) is 0 Å². The Morgan fingerprint density at radius 1 is 1.29 bits per heavy atom. The van der Waals surface area contributed by atoms with Gasteiger partial charge in [0, 0.05) is 37.3 Å². The number of aromatic nitrogens is 2. The summed E-state index contributed by atoms with van der Waals surface area (Å²) >= 11 is 0. The molecule has 0 radical (unpaired) electrons. The van der Waals surface area contributed by atoms with Crippen LogP contribution in [-0.4, -0.2) is 9.78 Å². The van der Waals surface area contributed by atoms with E-state index in [9.17, 15) is 0 Å². The van der Waals surface area contributed by atoms with E-state index in [1.165, 1.54) is 5.56 Å². The maximum atomic E-state index is 8.91. The molecule has 0 saturated heterocycles. The fraction of sp³-hybridized carbons (Fsp3) is 0.412. The maximum absolute atomic E-state index is 8.91. The summed E-state index contributed by atoms with van der Waals surface area (Å²) in [5.41, 5.74) is 4.21. The molecule has 1 aromatic heterocycles. The molecular weight excluding hydrogens is 260 g/mol. The molecule has 1 N–H and O–H groups in total. The Morgan fingerprint density at radius 3 is 2.71 bits per heavy atom. The third kappa shape index (κ3) is 3.93. The number of benzene rings is 1. The van der Waals surface area contributed by atoms with Gasteiger partial charge in [-0.15, -0.1) is 0 Å². The fourth-order valence-corrected chi connectivity index (χ4v) is 2.39. The van der Waals surface area contributed by atoms with Crippen molar-refractivity contribution in [1.29, 1.82) is 5.26 Å². The molecule has 0 aliphatic heterocycles. The largest absolute Gasteiger partial charge is 0.308 e. The molecule has 4 nitrogen and oxygen atoms in total. The molecule has 0 amide bonds. The molecule has 0 aliphatic rings. The highest BCUT2D eigenvalue weighted by Crippen LogP contribution is 2.24. The lowest BCUT2D eigenvalue weighted by Gasteiger charge is -2.17. The van der Waals surface area contributed by atoms with E-state index in [4.69, 9.17) is 5.26 Å². The Kier molecular flexibility index (Phi) is 4.44. The first-order valence-corrected chi connectivity index (χ1v) is 7.13. The predicted octanol–water partition coefficient (Wildman–Crippen LogP) is 2.88. The second-order valence-corrected chi connectivity index (χ2v) is 6.34. The Hall–Kier alpha value is -2.12. The molecule has 0 unspecified atom stereocenters. The number of hydrogen-bond donors (Lipinski definition) is 1. The number of rotatable bonds is 4. The normalized spacial score (nSPS) is 11.4. The first-order chi connectivity index (χ1) is 9.90. The van der Waals surface area contributed by atoms with Crippen LogP contribution in [0.3, 0.4) is 0 Å². The molecule has 0 atom stereocenters. The van der Waals surface area contributed by atoms with Crippen LogP contribution in [0, 0.1) is 11.3 Å². The van der Waals surface area contributed by atoms with Crippen LogP contribution in [0.2, 0.25) is 0 Å². The van der Waals surface area contributed by atoms with Gasteiger partial charge >= 0.3 is 0 Å². The van der Waals surface area contributed by atoms with Crippen molar-refractivity contribution in [2.24, 2.45) is 7.05 Å². The van der Waals surface area contributed by atoms with Crippen molar-refractivity contribution < 1.29 is 0 Å². The van der Waals surface area contributed by atoms with Gasteiger partial charge in [0.1, 0.15) is 0 Å². The monoisotopic (exact) mass is 282 g/mol. The summed E-state index contributed by atoms with van der Waals surface area (Å²) in [5, 5.41) is 16.9. The Labute approximate surface area is 126 Å². The SMILES string of the molecule is Cn1cc(CNCc2cccc(C#N)c2)c(C(C)(C)C)n1. The second kappa shape index (κ2) is 6.11. The average Bonchev–Trinajstić information content (AvgIpc) is 2.80. The summed E-state index contributed by atoms with van der Waals surface area (Å²) in [6, 6.07) is 9.85.